The molecular formula is C21H26F3N5OS. The van der Waals surface area contributed by atoms with Crippen LogP contribution in [0.1, 0.15) is 29.1 Å². The highest BCUT2D eigenvalue weighted by Crippen LogP contribution is 2.30. The van der Waals surface area contributed by atoms with Crippen LogP contribution in [0.2, 0.25) is 0 Å². The van der Waals surface area contributed by atoms with Gasteiger partial charge in [0.15, 0.2) is 5.69 Å². The van der Waals surface area contributed by atoms with Crippen LogP contribution in [0.4, 0.5) is 29.3 Å². The van der Waals surface area contributed by atoms with Gasteiger partial charge in [0.1, 0.15) is 5.01 Å². The van der Waals surface area contributed by atoms with Crippen LogP contribution in [-0.2, 0) is 12.7 Å². The van der Waals surface area contributed by atoms with Crippen molar-refractivity contribution >= 4 is 28.7 Å². The summed E-state index contributed by atoms with van der Waals surface area (Å²) in [5.74, 6) is 0. The van der Waals surface area contributed by atoms with E-state index in [1.54, 1.807) is 4.90 Å². The van der Waals surface area contributed by atoms with E-state index >= 15 is 0 Å². The molecule has 2 saturated heterocycles. The number of urea groups is 1. The standard InChI is InChI=1S/C21H26F3N5OS/c1-15-4-5-16(12-17(15)28-6-2-3-7-28)25-20(30)29-10-8-27(9-11-29)13-19-26-18(14-31-19)21(22,23)24/h4-5,12,14H,2-3,6-11,13H2,1H3,(H,25,30). The van der Waals surface area contributed by atoms with Crippen molar-refractivity contribution in [1.82, 2.24) is 14.8 Å². The number of hydrogen-bond donors (Lipinski definition) is 1. The molecule has 0 bridgehead atoms. The maximum absolute atomic E-state index is 12.7. The zero-order valence-corrected chi connectivity index (χ0v) is 18.2. The van der Waals surface area contributed by atoms with Crippen LogP contribution in [0.3, 0.4) is 0 Å². The zero-order valence-electron chi connectivity index (χ0n) is 17.4. The minimum Gasteiger partial charge on any atom is -0.371 e. The molecule has 0 aliphatic carbocycles. The molecule has 0 unspecified atom stereocenters. The summed E-state index contributed by atoms with van der Waals surface area (Å²) in [6, 6.07) is 5.84. The molecule has 4 rings (SSSR count). The van der Waals surface area contributed by atoms with Crippen molar-refractivity contribution in [2.24, 2.45) is 0 Å². The molecule has 0 spiro atoms. The lowest BCUT2D eigenvalue weighted by Crippen LogP contribution is -2.49. The Bertz CT molecular complexity index is 918. The summed E-state index contributed by atoms with van der Waals surface area (Å²) >= 11 is 1.02. The smallest absolute Gasteiger partial charge is 0.371 e. The summed E-state index contributed by atoms with van der Waals surface area (Å²) in [7, 11) is 0. The first-order valence-electron chi connectivity index (χ1n) is 10.4. The van der Waals surface area contributed by atoms with Crippen LogP contribution in [0.15, 0.2) is 23.6 Å². The second-order valence-electron chi connectivity index (χ2n) is 8.01. The van der Waals surface area contributed by atoms with Crippen molar-refractivity contribution in [3.05, 3.63) is 39.8 Å². The molecule has 2 aromatic rings. The van der Waals surface area contributed by atoms with E-state index < -0.39 is 11.9 Å². The van der Waals surface area contributed by atoms with Crippen molar-refractivity contribution in [1.29, 1.82) is 0 Å². The van der Waals surface area contributed by atoms with E-state index in [4.69, 9.17) is 0 Å². The summed E-state index contributed by atoms with van der Waals surface area (Å²) in [6.07, 6.45) is -2.02. The van der Waals surface area contributed by atoms with Crippen LogP contribution in [-0.4, -0.2) is 60.1 Å². The maximum Gasteiger partial charge on any atom is 0.434 e. The number of aromatic nitrogens is 1. The van der Waals surface area contributed by atoms with Crippen molar-refractivity contribution in [2.75, 3.05) is 49.5 Å². The molecule has 2 amide bonds. The Kier molecular flexibility index (Phi) is 6.38. The van der Waals surface area contributed by atoms with Crippen LogP contribution in [0, 0.1) is 6.92 Å². The molecule has 1 aromatic heterocycles. The number of piperazine rings is 1. The van der Waals surface area contributed by atoms with Gasteiger partial charge in [-0.05, 0) is 37.5 Å². The minimum absolute atomic E-state index is 0.149. The lowest BCUT2D eigenvalue weighted by molar-refractivity contribution is -0.140. The number of nitrogens with zero attached hydrogens (tertiary/aromatic N) is 4. The summed E-state index contributed by atoms with van der Waals surface area (Å²) < 4.78 is 38.1. The van der Waals surface area contributed by atoms with Crippen molar-refractivity contribution in [3.63, 3.8) is 0 Å². The van der Waals surface area contributed by atoms with E-state index in [0.717, 1.165) is 35.5 Å². The number of nitrogens with one attached hydrogen (secondary N) is 1. The molecule has 0 atom stereocenters. The van der Waals surface area contributed by atoms with E-state index in [-0.39, 0.29) is 6.03 Å². The number of anilines is 2. The number of thiazole rings is 1. The van der Waals surface area contributed by atoms with Crippen LogP contribution in [0.25, 0.3) is 0 Å². The third-order valence-corrected chi connectivity index (χ3v) is 6.60. The molecule has 2 fully saturated rings. The lowest BCUT2D eigenvalue weighted by Gasteiger charge is -2.34. The van der Waals surface area contributed by atoms with E-state index in [1.165, 1.54) is 24.1 Å². The number of carbonyl (C=O) groups is 1. The molecule has 168 valence electrons. The highest BCUT2D eigenvalue weighted by atomic mass is 32.1. The molecule has 10 heteroatoms. The van der Waals surface area contributed by atoms with Gasteiger partial charge in [-0.1, -0.05) is 6.07 Å². The number of alkyl halides is 3. The number of carbonyl (C=O) groups excluding carboxylic acids is 1. The zero-order chi connectivity index (χ0) is 22.0. The van der Waals surface area contributed by atoms with Gasteiger partial charge in [0.05, 0.1) is 6.54 Å². The van der Waals surface area contributed by atoms with Crippen LogP contribution < -0.4 is 10.2 Å². The Morgan fingerprint density at radius 2 is 1.84 bits per heavy atom. The van der Waals surface area contributed by atoms with Gasteiger partial charge in [-0.2, -0.15) is 13.2 Å². The number of aryl methyl sites for hydroxylation is 1. The van der Waals surface area contributed by atoms with Gasteiger partial charge in [0.25, 0.3) is 0 Å². The molecule has 0 saturated carbocycles. The van der Waals surface area contributed by atoms with Gasteiger partial charge in [0.2, 0.25) is 0 Å². The number of rotatable bonds is 4. The first-order valence-corrected chi connectivity index (χ1v) is 11.3. The van der Waals surface area contributed by atoms with E-state index in [0.29, 0.717) is 37.7 Å². The number of halogens is 3. The molecule has 1 N–H and O–H groups in total. The third-order valence-electron chi connectivity index (χ3n) is 5.77. The highest BCUT2D eigenvalue weighted by molar-refractivity contribution is 7.09. The van der Waals surface area contributed by atoms with Gasteiger partial charge in [-0.25, -0.2) is 9.78 Å². The summed E-state index contributed by atoms with van der Waals surface area (Å²) in [5, 5.41) is 4.49. The first kappa shape index (κ1) is 21.9. The molecular weight excluding hydrogens is 427 g/mol. The molecule has 6 nitrogen and oxygen atoms in total. The predicted octanol–water partition coefficient (Wildman–Crippen LogP) is 4.42. The first-order chi connectivity index (χ1) is 14.8. The van der Waals surface area contributed by atoms with E-state index in [9.17, 15) is 18.0 Å². The van der Waals surface area contributed by atoms with Crippen molar-refractivity contribution in [2.45, 2.75) is 32.5 Å². The fourth-order valence-corrected chi connectivity index (χ4v) is 4.84. The topological polar surface area (TPSA) is 51.7 Å². The van der Waals surface area contributed by atoms with Crippen molar-refractivity contribution < 1.29 is 18.0 Å². The van der Waals surface area contributed by atoms with Crippen molar-refractivity contribution in [3.8, 4) is 0 Å². The van der Waals surface area contributed by atoms with Gasteiger partial charge in [0, 0.05) is 56.0 Å². The SMILES string of the molecule is Cc1ccc(NC(=O)N2CCN(Cc3nc(C(F)(F)F)cs3)CC2)cc1N1CCCC1. The second-order valence-corrected chi connectivity index (χ2v) is 8.96. The predicted molar refractivity (Wildman–Crippen MR) is 116 cm³/mol. The molecule has 31 heavy (non-hydrogen) atoms. The normalized spacial score (nSPS) is 17.9. The molecule has 2 aliphatic rings. The Morgan fingerprint density at radius 3 is 2.48 bits per heavy atom. The monoisotopic (exact) mass is 453 g/mol. The van der Waals surface area contributed by atoms with E-state index in [2.05, 4.69) is 22.1 Å². The Balaban J connectivity index is 1.29. The Morgan fingerprint density at radius 1 is 1.13 bits per heavy atom. The Hall–Kier alpha value is -2.33. The number of hydrogen-bond acceptors (Lipinski definition) is 5. The average molecular weight is 454 g/mol. The molecule has 1 aromatic carbocycles. The number of amides is 2. The van der Waals surface area contributed by atoms with Gasteiger partial charge in [-0.3, -0.25) is 4.90 Å². The molecule has 3 heterocycles. The van der Waals surface area contributed by atoms with Gasteiger partial charge in [-0.15, -0.1) is 11.3 Å². The van der Waals surface area contributed by atoms with Gasteiger partial charge < -0.3 is 15.1 Å². The van der Waals surface area contributed by atoms with Crippen LogP contribution >= 0.6 is 11.3 Å². The summed E-state index contributed by atoms with van der Waals surface area (Å²) in [6.45, 7) is 6.78. The largest absolute Gasteiger partial charge is 0.434 e. The average Bonchev–Trinajstić information content (AvgIpc) is 3.42. The number of benzene rings is 1. The summed E-state index contributed by atoms with van der Waals surface area (Å²) in [5.41, 5.74) is 2.31. The van der Waals surface area contributed by atoms with Gasteiger partial charge >= 0.3 is 12.2 Å². The van der Waals surface area contributed by atoms with E-state index in [1.807, 2.05) is 23.1 Å². The fourth-order valence-electron chi connectivity index (χ4n) is 4.00. The molecule has 2 aliphatic heterocycles. The maximum atomic E-state index is 12.7. The third kappa shape index (κ3) is 5.30. The highest BCUT2D eigenvalue weighted by Gasteiger charge is 2.34. The summed E-state index contributed by atoms with van der Waals surface area (Å²) in [4.78, 5) is 22.5. The second kappa shape index (κ2) is 9.04. The van der Waals surface area contributed by atoms with Crippen LogP contribution in [0.5, 0.6) is 0 Å². The fraction of sp³-hybridized carbons (Fsp3) is 0.524. The molecule has 0 radical (unpaired) electrons. The quantitative estimate of drug-likeness (QED) is 0.745. The Labute approximate surface area is 183 Å². The minimum atomic E-state index is -4.41. The lowest BCUT2D eigenvalue weighted by atomic mass is 10.1.